The molecule has 0 aliphatic carbocycles. The minimum atomic E-state index is 0.153. The first-order valence-electron chi connectivity index (χ1n) is 4.51. The quantitative estimate of drug-likeness (QED) is 0.308. The number of nitrogens with two attached hydrogens (primary N) is 2. The molecule has 6 nitrogen and oxygen atoms in total. The second-order valence-corrected chi connectivity index (χ2v) is 3.54. The number of amidine groups is 2. The standard InChI is InChI=1S/C8H18N6/c1-5(2)7(9)11-13-14-12-8(10)6(3)4/h5-6H,1-4H3,(H2,9,11,14)(H2,10,12,13). The molecule has 0 radical (unpaired) electrons. The molecule has 0 rings (SSSR count). The van der Waals surface area contributed by atoms with Crippen LogP contribution in [0.2, 0.25) is 0 Å². The highest BCUT2D eigenvalue weighted by Gasteiger charge is 1.98. The molecule has 0 aliphatic rings. The van der Waals surface area contributed by atoms with Crippen molar-refractivity contribution < 1.29 is 0 Å². The molecule has 0 unspecified atom stereocenters. The first kappa shape index (κ1) is 12.5. The molecular formula is C8H18N6. The first-order chi connectivity index (χ1) is 6.45. The van der Waals surface area contributed by atoms with Gasteiger partial charge in [0.2, 0.25) is 0 Å². The SMILES string of the molecule is CC(C)C(N)=NN=NN=C(N)C(C)C. The van der Waals surface area contributed by atoms with E-state index in [1.165, 1.54) is 0 Å². The Balaban J connectivity index is 4.21. The topological polar surface area (TPSA) is 101 Å². The van der Waals surface area contributed by atoms with Crippen LogP contribution >= 0.6 is 0 Å². The Bertz CT molecular complexity index is 225. The minimum absolute atomic E-state index is 0.153. The molecule has 0 amide bonds. The van der Waals surface area contributed by atoms with Crippen molar-refractivity contribution in [3.63, 3.8) is 0 Å². The van der Waals surface area contributed by atoms with Gasteiger partial charge in [0, 0.05) is 11.8 Å². The molecule has 0 atom stereocenters. The summed E-state index contributed by atoms with van der Waals surface area (Å²) in [7, 11) is 0. The second-order valence-electron chi connectivity index (χ2n) is 3.54. The molecule has 0 saturated heterocycles. The zero-order chi connectivity index (χ0) is 11.1. The molecule has 4 N–H and O–H groups in total. The van der Waals surface area contributed by atoms with E-state index in [-0.39, 0.29) is 11.8 Å². The lowest BCUT2D eigenvalue weighted by Gasteiger charge is -1.99. The third-order valence-electron chi connectivity index (χ3n) is 1.54. The number of rotatable bonds is 4. The van der Waals surface area contributed by atoms with Gasteiger partial charge in [-0.15, -0.1) is 10.2 Å². The van der Waals surface area contributed by atoms with Crippen LogP contribution < -0.4 is 11.5 Å². The van der Waals surface area contributed by atoms with Gasteiger partial charge in [-0.1, -0.05) is 27.7 Å². The van der Waals surface area contributed by atoms with Crippen molar-refractivity contribution in [3.8, 4) is 0 Å². The van der Waals surface area contributed by atoms with E-state index in [1.807, 2.05) is 27.7 Å². The van der Waals surface area contributed by atoms with Gasteiger partial charge >= 0.3 is 0 Å². The van der Waals surface area contributed by atoms with Crippen LogP contribution in [0.15, 0.2) is 20.6 Å². The fraction of sp³-hybridized carbons (Fsp3) is 0.750. The molecule has 0 aromatic carbocycles. The average molecular weight is 198 g/mol. The van der Waals surface area contributed by atoms with Gasteiger partial charge in [-0.2, -0.15) is 0 Å². The van der Waals surface area contributed by atoms with Gasteiger partial charge in [-0.3, -0.25) is 0 Å². The molecular weight excluding hydrogens is 180 g/mol. The van der Waals surface area contributed by atoms with Crippen LogP contribution in [0.3, 0.4) is 0 Å². The number of hydrogen-bond acceptors (Lipinski definition) is 2. The Morgan fingerprint density at radius 1 is 0.786 bits per heavy atom. The normalized spacial score (nSPS) is 14.7. The van der Waals surface area contributed by atoms with Gasteiger partial charge in [0.1, 0.15) is 11.7 Å². The molecule has 6 heteroatoms. The Hall–Kier alpha value is -1.46. The molecule has 0 aromatic heterocycles. The molecule has 0 aromatic rings. The number of nitrogens with zero attached hydrogens (tertiary/aromatic N) is 4. The average Bonchev–Trinajstić information content (AvgIpc) is 2.11. The lowest BCUT2D eigenvalue weighted by Crippen LogP contribution is -2.18. The van der Waals surface area contributed by atoms with Crippen LogP contribution in [0.4, 0.5) is 0 Å². The van der Waals surface area contributed by atoms with Crippen molar-refractivity contribution in [1.29, 1.82) is 0 Å². The van der Waals surface area contributed by atoms with Gasteiger partial charge in [-0.25, -0.2) is 0 Å². The van der Waals surface area contributed by atoms with E-state index in [0.717, 1.165) is 0 Å². The van der Waals surface area contributed by atoms with E-state index in [4.69, 9.17) is 11.5 Å². The van der Waals surface area contributed by atoms with E-state index >= 15 is 0 Å². The zero-order valence-corrected chi connectivity index (χ0v) is 9.10. The van der Waals surface area contributed by atoms with Gasteiger partial charge in [0.05, 0.1) is 0 Å². The van der Waals surface area contributed by atoms with Gasteiger partial charge in [0.15, 0.2) is 0 Å². The zero-order valence-electron chi connectivity index (χ0n) is 9.10. The van der Waals surface area contributed by atoms with Gasteiger partial charge in [-0.05, 0) is 10.4 Å². The van der Waals surface area contributed by atoms with Crippen molar-refractivity contribution in [1.82, 2.24) is 0 Å². The predicted octanol–water partition coefficient (Wildman–Crippen LogP) is 1.30. The Morgan fingerprint density at radius 3 is 1.29 bits per heavy atom. The van der Waals surface area contributed by atoms with E-state index in [0.29, 0.717) is 11.7 Å². The Kier molecular flexibility index (Phi) is 5.43. The summed E-state index contributed by atoms with van der Waals surface area (Å²) >= 11 is 0. The highest BCUT2D eigenvalue weighted by molar-refractivity contribution is 5.82. The van der Waals surface area contributed by atoms with Crippen molar-refractivity contribution in [2.75, 3.05) is 0 Å². The molecule has 0 heterocycles. The van der Waals surface area contributed by atoms with Crippen molar-refractivity contribution >= 4 is 11.7 Å². The van der Waals surface area contributed by atoms with Crippen molar-refractivity contribution in [2.24, 2.45) is 44.0 Å². The summed E-state index contributed by atoms with van der Waals surface area (Å²) in [5.41, 5.74) is 11.0. The lowest BCUT2D eigenvalue weighted by atomic mass is 10.2. The summed E-state index contributed by atoms with van der Waals surface area (Å²) < 4.78 is 0. The summed E-state index contributed by atoms with van der Waals surface area (Å²) in [5, 5.41) is 14.2. The Morgan fingerprint density at radius 2 is 1.07 bits per heavy atom. The third-order valence-corrected chi connectivity index (χ3v) is 1.54. The smallest absolute Gasteiger partial charge is 0.126 e. The van der Waals surface area contributed by atoms with Crippen LogP contribution in [0.1, 0.15) is 27.7 Å². The van der Waals surface area contributed by atoms with Crippen molar-refractivity contribution in [2.45, 2.75) is 27.7 Å². The molecule has 0 fully saturated rings. The van der Waals surface area contributed by atoms with E-state index in [1.54, 1.807) is 0 Å². The predicted molar refractivity (Wildman–Crippen MR) is 57.8 cm³/mol. The van der Waals surface area contributed by atoms with Crippen LogP contribution in [-0.4, -0.2) is 11.7 Å². The molecule has 14 heavy (non-hydrogen) atoms. The summed E-state index contributed by atoms with van der Waals surface area (Å²) in [6.07, 6.45) is 0. The Labute approximate surface area is 84.2 Å². The highest BCUT2D eigenvalue weighted by atomic mass is 15.5. The maximum Gasteiger partial charge on any atom is 0.126 e. The van der Waals surface area contributed by atoms with E-state index in [2.05, 4.69) is 20.6 Å². The van der Waals surface area contributed by atoms with E-state index < -0.39 is 0 Å². The lowest BCUT2D eigenvalue weighted by molar-refractivity contribution is 0.829. The monoisotopic (exact) mass is 198 g/mol. The summed E-state index contributed by atoms with van der Waals surface area (Å²) in [6.45, 7) is 7.67. The fourth-order valence-corrected chi connectivity index (χ4v) is 0.374. The van der Waals surface area contributed by atoms with E-state index in [9.17, 15) is 0 Å². The van der Waals surface area contributed by atoms with Crippen LogP contribution in [0, 0.1) is 11.8 Å². The van der Waals surface area contributed by atoms with Gasteiger partial charge < -0.3 is 11.5 Å². The highest BCUT2D eigenvalue weighted by Crippen LogP contribution is 1.94. The van der Waals surface area contributed by atoms with Crippen LogP contribution in [0.25, 0.3) is 0 Å². The summed E-state index contributed by atoms with van der Waals surface area (Å²) in [4.78, 5) is 0. The molecule has 80 valence electrons. The largest absolute Gasteiger partial charge is 0.385 e. The maximum atomic E-state index is 5.51. The van der Waals surface area contributed by atoms with Crippen molar-refractivity contribution in [3.05, 3.63) is 0 Å². The van der Waals surface area contributed by atoms with Crippen LogP contribution in [-0.2, 0) is 0 Å². The third kappa shape index (κ3) is 5.23. The summed E-state index contributed by atoms with van der Waals surface area (Å²) in [5.74, 6) is 1.15. The maximum absolute atomic E-state index is 5.51. The second kappa shape index (κ2) is 6.06. The first-order valence-corrected chi connectivity index (χ1v) is 4.51. The fourth-order valence-electron chi connectivity index (χ4n) is 0.374. The number of hydrogen-bond donors (Lipinski definition) is 2. The molecule has 0 bridgehead atoms. The molecule has 0 saturated carbocycles. The van der Waals surface area contributed by atoms with Crippen LogP contribution in [0.5, 0.6) is 0 Å². The molecule has 0 spiro atoms. The summed E-state index contributed by atoms with van der Waals surface area (Å²) in [6, 6.07) is 0. The molecule has 0 aliphatic heterocycles. The minimum Gasteiger partial charge on any atom is -0.385 e. The van der Waals surface area contributed by atoms with Gasteiger partial charge in [0.25, 0.3) is 0 Å².